The first kappa shape index (κ1) is 17.1. The van der Waals surface area contributed by atoms with Crippen molar-refractivity contribution in [3.63, 3.8) is 0 Å². The zero-order chi connectivity index (χ0) is 14.0. The maximum absolute atomic E-state index is 12.4. The Morgan fingerprint density at radius 1 is 1.45 bits per heavy atom. The van der Waals surface area contributed by atoms with Crippen LogP contribution in [0.1, 0.15) is 5.82 Å². The summed E-state index contributed by atoms with van der Waals surface area (Å²) in [6.07, 6.45) is 1.65. The van der Waals surface area contributed by atoms with Gasteiger partial charge in [0, 0.05) is 39.9 Å². The van der Waals surface area contributed by atoms with E-state index >= 15 is 0 Å². The molecule has 0 amide bonds. The molecule has 20 heavy (non-hydrogen) atoms. The highest BCUT2D eigenvalue weighted by molar-refractivity contribution is 7.89. The van der Waals surface area contributed by atoms with Gasteiger partial charge < -0.3 is 10.2 Å². The molecule has 114 valence electrons. The standard InChI is InChI=1S/C11H19N5O2S.ClH/c1-9-13-5-4-10(14-9)16-7-6-12-8-11(16)19(17,18)15(2)3;/h4-5,11-12H,6-8H2,1-3H3;1H. The Hall–Kier alpha value is -0.960. The van der Waals surface area contributed by atoms with Crippen molar-refractivity contribution in [3.05, 3.63) is 18.1 Å². The predicted molar refractivity (Wildman–Crippen MR) is 80.6 cm³/mol. The number of rotatable bonds is 3. The summed E-state index contributed by atoms with van der Waals surface area (Å²) in [7, 11) is -0.276. The minimum Gasteiger partial charge on any atom is -0.336 e. The number of halogens is 1. The van der Waals surface area contributed by atoms with Crippen LogP contribution >= 0.6 is 12.4 Å². The third-order valence-corrected chi connectivity index (χ3v) is 5.23. The van der Waals surface area contributed by atoms with Crippen molar-refractivity contribution in [1.29, 1.82) is 0 Å². The van der Waals surface area contributed by atoms with Crippen LogP contribution in [0.4, 0.5) is 5.82 Å². The molecule has 1 aliphatic rings. The normalized spacial score (nSPS) is 19.8. The van der Waals surface area contributed by atoms with Crippen LogP contribution in [-0.4, -0.2) is 61.8 Å². The minimum atomic E-state index is -3.37. The van der Waals surface area contributed by atoms with Crippen molar-refractivity contribution >= 4 is 28.2 Å². The van der Waals surface area contributed by atoms with E-state index in [1.807, 2.05) is 4.90 Å². The van der Waals surface area contributed by atoms with Gasteiger partial charge in [0.2, 0.25) is 10.0 Å². The number of anilines is 1. The van der Waals surface area contributed by atoms with Gasteiger partial charge >= 0.3 is 0 Å². The number of hydrogen-bond acceptors (Lipinski definition) is 6. The van der Waals surface area contributed by atoms with Gasteiger partial charge in [0.15, 0.2) is 5.37 Å². The molecule has 0 spiro atoms. The van der Waals surface area contributed by atoms with Crippen molar-refractivity contribution in [3.8, 4) is 0 Å². The van der Waals surface area contributed by atoms with Crippen molar-refractivity contribution in [2.24, 2.45) is 0 Å². The Balaban J connectivity index is 0.00000200. The minimum absolute atomic E-state index is 0. The molecule has 1 fully saturated rings. The van der Waals surface area contributed by atoms with Crippen LogP contribution in [0, 0.1) is 6.92 Å². The highest BCUT2D eigenvalue weighted by atomic mass is 35.5. The van der Waals surface area contributed by atoms with Crippen molar-refractivity contribution in [1.82, 2.24) is 19.6 Å². The lowest BCUT2D eigenvalue weighted by Gasteiger charge is -2.37. The second kappa shape index (κ2) is 6.66. The Morgan fingerprint density at radius 2 is 2.15 bits per heavy atom. The zero-order valence-corrected chi connectivity index (χ0v) is 13.4. The summed E-state index contributed by atoms with van der Waals surface area (Å²) in [6, 6.07) is 1.75. The number of piperazine rings is 1. The first-order chi connectivity index (χ1) is 8.93. The Bertz CT molecular complexity index is 551. The fourth-order valence-electron chi connectivity index (χ4n) is 2.05. The van der Waals surface area contributed by atoms with Gasteiger partial charge in [-0.3, -0.25) is 0 Å². The molecule has 2 rings (SSSR count). The maximum Gasteiger partial charge on any atom is 0.236 e. The van der Waals surface area contributed by atoms with Gasteiger partial charge in [-0.2, -0.15) is 0 Å². The third-order valence-electron chi connectivity index (χ3n) is 3.10. The molecule has 1 saturated heterocycles. The molecule has 0 saturated carbocycles. The number of sulfonamides is 1. The van der Waals surface area contributed by atoms with E-state index in [0.717, 1.165) is 6.54 Å². The van der Waals surface area contributed by atoms with Gasteiger partial charge in [-0.25, -0.2) is 22.7 Å². The van der Waals surface area contributed by atoms with Crippen LogP contribution < -0.4 is 10.2 Å². The molecule has 0 aliphatic carbocycles. The molecule has 0 radical (unpaired) electrons. The summed E-state index contributed by atoms with van der Waals surface area (Å²) < 4.78 is 26.0. The van der Waals surface area contributed by atoms with Crippen molar-refractivity contribution in [2.75, 3.05) is 38.6 Å². The largest absolute Gasteiger partial charge is 0.336 e. The number of aromatic nitrogens is 2. The number of nitrogens with zero attached hydrogens (tertiary/aromatic N) is 4. The van der Waals surface area contributed by atoms with Crippen molar-refractivity contribution in [2.45, 2.75) is 12.3 Å². The molecule has 1 aromatic rings. The molecule has 7 nitrogen and oxygen atoms in total. The van der Waals surface area contributed by atoms with E-state index in [0.29, 0.717) is 24.7 Å². The number of aryl methyl sites for hydroxylation is 1. The Morgan fingerprint density at radius 3 is 2.75 bits per heavy atom. The lowest BCUT2D eigenvalue weighted by atomic mass is 10.3. The van der Waals surface area contributed by atoms with Crippen LogP contribution in [0.15, 0.2) is 12.3 Å². The molecule has 1 aromatic heterocycles. The van der Waals surface area contributed by atoms with E-state index in [-0.39, 0.29) is 12.4 Å². The first-order valence-electron chi connectivity index (χ1n) is 6.11. The smallest absolute Gasteiger partial charge is 0.236 e. The molecule has 0 aromatic carbocycles. The lowest BCUT2D eigenvalue weighted by molar-refractivity contribution is 0.470. The van der Waals surface area contributed by atoms with Crippen LogP contribution in [-0.2, 0) is 10.0 Å². The molecule has 2 heterocycles. The molecule has 1 unspecified atom stereocenters. The molecular formula is C11H20ClN5O2S. The molecule has 0 bridgehead atoms. The van der Waals surface area contributed by atoms with Crippen molar-refractivity contribution < 1.29 is 8.42 Å². The topological polar surface area (TPSA) is 78.4 Å². The fourth-order valence-corrected chi connectivity index (χ4v) is 3.40. The van der Waals surface area contributed by atoms with Crippen LogP contribution in [0.5, 0.6) is 0 Å². The van der Waals surface area contributed by atoms with E-state index in [1.165, 1.54) is 4.31 Å². The zero-order valence-electron chi connectivity index (χ0n) is 11.8. The highest BCUT2D eigenvalue weighted by Crippen LogP contribution is 2.20. The first-order valence-corrected chi connectivity index (χ1v) is 7.61. The van der Waals surface area contributed by atoms with Crippen LogP contribution in [0.2, 0.25) is 0 Å². The van der Waals surface area contributed by atoms with Gasteiger partial charge in [-0.05, 0) is 13.0 Å². The quantitative estimate of drug-likeness (QED) is 0.833. The summed E-state index contributed by atoms with van der Waals surface area (Å²) >= 11 is 0. The van der Waals surface area contributed by atoms with Gasteiger partial charge in [-0.15, -0.1) is 12.4 Å². The van der Waals surface area contributed by atoms with E-state index in [9.17, 15) is 8.42 Å². The molecule has 9 heteroatoms. The summed E-state index contributed by atoms with van der Waals surface area (Å²) in [5.74, 6) is 1.29. The molecule has 1 N–H and O–H groups in total. The van der Waals surface area contributed by atoms with Gasteiger partial charge in [-0.1, -0.05) is 0 Å². The second-order valence-electron chi connectivity index (χ2n) is 4.64. The second-order valence-corrected chi connectivity index (χ2v) is 6.95. The predicted octanol–water partition coefficient (Wildman–Crippen LogP) is -0.166. The van der Waals surface area contributed by atoms with Gasteiger partial charge in [0.1, 0.15) is 11.6 Å². The van der Waals surface area contributed by atoms with Gasteiger partial charge in [0.25, 0.3) is 0 Å². The van der Waals surface area contributed by atoms with E-state index < -0.39 is 15.4 Å². The van der Waals surface area contributed by atoms with E-state index in [2.05, 4.69) is 15.3 Å². The Kier molecular flexibility index (Phi) is 5.69. The van der Waals surface area contributed by atoms with Crippen LogP contribution in [0.3, 0.4) is 0 Å². The summed E-state index contributed by atoms with van der Waals surface area (Å²) in [5.41, 5.74) is 0. The average Bonchev–Trinajstić information content (AvgIpc) is 2.38. The summed E-state index contributed by atoms with van der Waals surface area (Å²) in [4.78, 5) is 10.2. The summed E-state index contributed by atoms with van der Waals surface area (Å²) in [5, 5.41) is 2.49. The van der Waals surface area contributed by atoms with Gasteiger partial charge in [0.05, 0.1) is 0 Å². The molecule has 1 aliphatic heterocycles. The molecular weight excluding hydrogens is 302 g/mol. The maximum atomic E-state index is 12.4. The summed E-state index contributed by atoms with van der Waals surface area (Å²) in [6.45, 7) is 3.53. The fraction of sp³-hybridized carbons (Fsp3) is 0.636. The lowest BCUT2D eigenvalue weighted by Crippen LogP contribution is -2.57. The Labute approximate surface area is 125 Å². The average molecular weight is 322 g/mol. The highest BCUT2D eigenvalue weighted by Gasteiger charge is 2.35. The third kappa shape index (κ3) is 3.38. The monoisotopic (exact) mass is 321 g/mol. The SMILES string of the molecule is Cc1nccc(N2CCNCC2S(=O)(=O)N(C)C)n1.Cl. The molecule has 1 atom stereocenters. The van der Waals surface area contributed by atoms with E-state index in [4.69, 9.17) is 0 Å². The number of hydrogen-bond donors (Lipinski definition) is 1. The number of nitrogens with one attached hydrogen (secondary N) is 1. The van der Waals surface area contributed by atoms with E-state index in [1.54, 1.807) is 33.3 Å². The van der Waals surface area contributed by atoms with Crippen LogP contribution in [0.25, 0.3) is 0 Å².